The van der Waals surface area contributed by atoms with E-state index in [9.17, 15) is 14.4 Å². The minimum Gasteiger partial charge on any atom is -0.480 e. The number of thioether (sulfide) groups is 1. The Labute approximate surface area is 115 Å². The number of nitrogens with one attached hydrogen (secondary N) is 1. The summed E-state index contributed by atoms with van der Waals surface area (Å²) in [6.07, 6.45) is 0.270. The molecule has 0 aromatic rings. The van der Waals surface area contributed by atoms with Gasteiger partial charge >= 0.3 is 12.0 Å². The Morgan fingerprint density at radius 2 is 2.11 bits per heavy atom. The Balaban J connectivity index is 2.04. The van der Waals surface area contributed by atoms with Crippen LogP contribution in [0.15, 0.2) is 0 Å². The molecule has 2 saturated heterocycles. The summed E-state index contributed by atoms with van der Waals surface area (Å²) in [6, 6.07) is -1.04. The zero-order valence-electron chi connectivity index (χ0n) is 10.5. The summed E-state index contributed by atoms with van der Waals surface area (Å²) in [5, 5.41) is 11.9. The predicted molar refractivity (Wildman–Crippen MR) is 70.1 cm³/mol. The van der Waals surface area contributed by atoms with Crippen LogP contribution in [0.5, 0.6) is 0 Å². The van der Waals surface area contributed by atoms with Crippen molar-refractivity contribution >= 4 is 29.7 Å². The molecule has 2 heterocycles. The Kier molecular flexibility index (Phi) is 4.52. The van der Waals surface area contributed by atoms with Crippen LogP contribution in [0.25, 0.3) is 0 Å². The SMILES string of the molecule is O=C1CCN(C(=O)N2CCSCC2C(=O)O)CCN1. The summed E-state index contributed by atoms with van der Waals surface area (Å²) in [5.41, 5.74) is 0. The Bertz CT molecular complexity index is 390. The van der Waals surface area contributed by atoms with Crippen molar-refractivity contribution < 1.29 is 19.5 Å². The van der Waals surface area contributed by atoms with E-state index < -0.39 is 12.0 Å². The number of rotatable bonds is 1. The monoisotopic (exact) mass is 287 g/mol. The van der Waals surface area contributed by atoms with Crippen LogP contribution in [0.4, 0.5) is 4.79 Å². The van der Waals surface area contributed by atoms with Gasteiger partial charge in [-0.1, -0.05) is 0 Å². The first-order chi connectivity index (χ1) is 9.09. The van der Waals surface area contributed by atoms with Gasteiger partial charge in [-0.25, -0.2) is 9.59 Å². The van der Waals surface area contributed by atoms with E-state index in [0.29, 0.717) is 31.9 Å². The van der Waals surface area contributed by atoms with Crippen LogP contribution >= 0.6 is 11.8 Å². The van der Waals surface area contributed by atoms with Gasteiger partial charge < -0.3 is 20.2 Å². The lowest BCUT2D eigenvalue weighted by Crippen LogP contribution is -2.55. The third-order valence-corrected chi connectivity index (χ3v) is 4.27. The first kappa shape index (κ1) is 14.0. The van der Waals surface area contributed by atoms with Gasteiger partial charge in [-0.3, -0.25) is 4.79 Å². The van der Waals surface area contributed by atoms with Gasteiger partial charge in [0.1, 0.15) is 6.04 Å². The van der Waals surface area contributed by atoms with E-state index in [1.165, 1.54) is 4.90 Å². The highest BCUT2D eigenvalue weighted by Crippen LogP contribution is 2.18. The molecule has 3 amide bonds. The van der Waals surface area contributed by atoms with Gasteiger partial charge in [0.05, 0.1) is 0 Å². The van der Waals surface area contributed by atoms with E-state index in [0.717, 1.165) is 5.75 Å². The molecule has 106 valence electrons. The number of urea groups is 1. The van der Waals surface area contributed by atoms with Crippen molar-refractivity contribution in [3.8, 4) is 0 Å². The molecule has 0 saturated carbocycles. The molecule has 2 rings (SSSR count). The molecular formula is C11H17N3O4S. The van der Waals surface area contributed by atoms with Crippen molar-refractivity contribution in [1.82, 2.24) is 15.1 Å². The summed E-state index contributed by atoms with van der Waals surface area (Å²) < 4.78 is 0. The molecule has 2 aliphatic heterocycles. The average molecular weight is 287 g/mol. The summed E-state index contributed by atoms with van der Waals surface area (Å²) in [7, 11) is 0. The molecule has 0 bridgehead atoms. The zero-order valence-corrected chi connectivity index (χ0v) is 11.3. The van der Waals surface area contributed by atoms with Gasteiger partial charge in [0, 0.05) is 44.1 Å². The van der Waals surface area contributed by atoms with E-state index in [4.69, 9.17) is 5.11 Å². The van der Waals surface area contributed by atoms with Gasteiger partial charge in [0.2, 0.25) is 5.91 Å². The van der Waals surface area contributed by atoms with Crippen LogP contribution in [0, 0.1) is 0 Å². The van der Waals surface area contributed by atoms with Crippen LogP contribution in [-0.4, -0.2) is 76.5 Å². The van der Waals surface area contributed by atoms with Crippen molar-refractivity contribution in [2.24, 2.45) is 0 Å². The minimum atomic E-state index is -0.968. The maximum absolute atomic E-state index is 12.4. The van der Waals surface area contributed by atoms with Gasteiger partial charge in [-0.15, -0.1) is 0 Å². The molecule has 0 aromatic heterocycles. The Hall–Kier alpha value is -1.44. The summed E-state index contributed by atoms with van der Waals surface area (Å²) in [6.45, 7) is 1.64. The summed E-state index contributed by atoms with van der Waals surface area (Å²) >= 11 is 1.54. The molecule has 1 unspecified atom stereocenters. The summed E-state index contributed by atoms with van der Waals surface area (Å²) in [4.78, 5) is 37.8. The minimum absolute atomic E-state index is 0.0701. The van der Waals surface area contributed by atoms with Crippen molar-refractivity contribution in [2.75, 3.05) is 37.7 Å². The second kappa shape index (κ2) is 6.14. The normalized spacial score (nSPS) is 24.6. The number of aliphatic carboxylic acids is 1. The third-order valence-electron chi connectivity index (χ3n) is 3.24. The van der Waals surface area contributed by atoms with Crippen LogP contribution in [0.2, 0.25) is 0 Å². The number of hydrogen-bond donors (Lipinski definition) is 2. The number of amides is 3. The van der Waals surface area contributed by atoms with Crippen molar-refractivity contribution in [3.63, 3.8) is 0 Å². The number of hydrogen-bond acceptors (Lipinski definition) is 4. The second-order valence-electron chi connectivity index (χ2n) is 4.49. The van der Waals surface area contributed by atoms with E-state index in [1.807, 2.05) is 0 Å². The van der Waals surface area contributed by atoms with Crippen molar-refractivity contribution in [3.05, 3.63) is 0 Å². The van der Waals surface area contributed by atoms with Crippen LogP contribution in [0.1, 0.15) is 6.42 Å². The van der Waals surface area contributed by atoms with Gasteiger partial charge in [0.25, 0.3) is 0 Å². The number of carboxylic acid groups (broad SMARTS) is 1. The fourth-order valence-corrected chi connectivity index (χ4v) is 3.22. The Morgan fingerprint density at radius 1 is 1.32 bits per heavy atom. The molecule has 8 heteroatoms. The topological polar surface area (TPSA) is 90.0 Å². The van der Waals surface area contributed by atoms with E-state index in [2.05, 4.69) is 5.32 Å². The van der Waals surface area contributed by atoms with Gasteiger partial charge in [-0.05, 0) is 0 Å². The number of carbonyl (C=O) groups is 3. The number of carboxylic acids is 1. The van der Waals surface area contributed by atoms with E-state index >= 15 is 0 Å². The number of nitrogens with zero attached hydrogens (tertiary/aromatic N) is 2. The fourth-order valence-electron chi connectivity index (χ4n) is 2.18. The van der Waals surface area contributed by atoms with Crippen LogP contribution in [-0.2, 0) is 9.59 Å². The first-order valence-electron chi connectivity index (χ1n) is 6.22. The van der Waals surface area contributed by atoms with E-state index in [-0.39, 0.29) is 18.4 Å². The quantitative estimate of drug-likeness (QED) is 0.674. The molecule has 2 aliphatic rings. The molecule has 0 radical (unpaired) electrons. The maximum atomic E-state index is 12.4. The molecule has 0 aromatic carbocycles. The molecule has 2 fully saturated rings. The van der Waals surface area contributed by atoms with Crippen LogP contribution in [0.3, 0.4) is 0 Å². The van der Waals surface area contributed by atoms with Crippen molar-refractivity contribution in [2.45, 2.75) is 12.5 Å². The lowest BCUT2D eigenvalue weighted by molar-refractivity contribution is -0.141. The second-order valence-corrected chi connectivity index (χ2v) is 5.64. The zero-order chi connectivity index (χ0) is 13.8. The molecule has 7 nitrogen and oxygen atoms in total. The van der Waals surface area contributed by atoms with Crippen LogP contribution < -0.4 is 5.32 Å². The molecular weight excluding hydrogens is 270 g/mol. The standard InChI is InChI=1S/C11H17N3O4S/c15-9-1-3-13(4-2-12-9)11(18)14-5-6-19-7-8(14)10(16)17/h8H,1-7H2,(H,12,15)(H,16,17). The molecule has 0 spiro atoms. The number of carbonyl (C=O) groups excluding carboxylic acids is 2. The average Bonchev–Trinajstić information content (AvgIpc) is 2.62. The highest BCUT2D eigenvalue weighted by molar-refractivity contribution is 7.99. The lowest BCUT2D eigenvalue weighted by Gasteiger charge is -2.36. The van der Waals surface area contributed by atoms with Crippen molar-refractivity contribution in [1.29, 1.82) is 0 Å². The maximum Gasteiger partial charge on any atom is 0.327 e. The molecule has 2 N–H and O–H groups in total. The van der Waals surface area contributed by atoms with Gasteiger partial charge in [0.15, 0.2) is 0 Å². The third kappa shape index (κ3) is 3.31. The highest BCUT2D eigenvalue weighted by Gasteiger charge is 2.35. The Morgan fingerprint density at radius 3 is 2.84 bits per heavy atom. The molecule has 1 atom stereocenters. The van der Waals surface area contributed by atoms with Gasteiger partial charge in [-0.2, -0.15) is 11.8 Å². The predicted octanol–water partition coefficient (Wildman–Crippen LogP) is -0.570. The summed E-state index contributed by atoms with van der Waals surface area (Å²) in [5.74, 6) is 0.135. The lowest BCUT2D eigenvalue weighted by atomic mass is 10.3. The fraction of sp³-hybridized carbons (Fsp3) is 0.727. The molecule has 0 aliphatic carbocycles. The first-order valence-corrected chi connectivity index (χ1v) is 7.38. The van der Waals surface area contributed by atoms with E-state index in [1.54, 1.807) is 16.7 Å². The molecule has 19 heavy (non-hydrogen) atoms. The smallest absolute Gasteiger partial charge is 0.327 e. The largest absolute Gasteiger partial charge is 0.480 e. The highest BCUT2D eigenvalue weighted by atomic mass is 32.2.